The molecule has 1 aromatic heterocycles. The molecule has 146 valence electrons. The Balaban J connectivity index is 1.76. The number of ether oxygens (including phenoxy) is 1. The zero-order chi connectivity index (χ0) is 19.8. The number of amides is 1. The van der Waals surface area contributed by atoms with Crippen LogP contribution >= 0.6 is 0 Å². The molecule has 0 unspecified atom stereocenters. The topological polar surface area (TPSA) is 116 Å². The van der Waals surface area contributed by atoms with Crippen LogP contribution in [0.15, 0.2) is 27.8 Å². The van der Waals surface area contributed by atoms with Gasteiger partial charge in [0.2, 0.25) is 0 Å². The SMILES string of the molecule is CC(C)(C)OC(=O)N1CCC[C@H]([S@](=O)c2nc3cc([N+](=O)[O-])ccc3o2)C1. The van der Waals surface area contributed by atoms with E-state index >= 15 is 0 Å². The van der Waals surface area contributed by atoms with Crippen molar-refractivity contribution in [1.29, 1.82) is 0 Å². The van der Waals surface area contributed by atoms with Gasteiger partial charge in [-0.15, -0.1) is 0 Å². The summed E-state index contributed by atoms with van der Waals surface area (Å²) in [6, 6.07) is 4.04. The summed E-state index contributed by atoms with van der Waals surface area (Å²) in [5.41, 5.74) is -0.0870. The standard InChI is InChI=1S/C17H21N3O6S/c1-17(2,3)26-16(21)19-8-4-5-12(10-19)27(24)15-18-13-9-11(20(22)23)6-7-14(13)25-15/h6-7,9,12H,4-5,8,10H2,1-3H3/t12-,27-/m0/s1. The Hall–Kier alpha value is -2.49. The maximum Gasteiger partial charge on any atom is 0.410 e. The fourth-order valence-electron chi connectivity index (χ4n) is 2.84. The van der Waals surface area contributed by atoms with Crippen LogP contribution in [0.25, 0.3) is 11.1 Å². The van der Waals surface area contributed by atoms with Crippen molar-refractivity contribution in [2.24, 2.45) is 0 Å². The molecule has 0 N–H and O–H groups in total. The van der Waals surface area contributed by atoms with Crippen LogP contribution in [0.2, 0.25) is 0 Å². The lowest BCUT2D eigenvalue weighted by molar-refractivity contribution is -0.384. The highest BCUT2D eigenvalue weighted by Gasteiger charge is 2.32. The highest BCUT2D eigenvalue weighted by Crippen LogP contribution is 2.26. The Bertz CT molecular complexity index is 904. The first-order chi connectivity index (χ1) is 12.6. The van der Waals surface area contributed by atoms with Gasteiger partial charge in [-0.2, -0.15) is 0 Å². The number of non-ortho nitro benzene ring substituents is 1. The Labute approximate surface area is 158 Å². The molecule has 2 aromatic rings. The minimum Gasteiger partial charge on any atom is -0.444 e. The van der Waals surface area contributed by atoms with Crippen LogP contribution in [0.3, 0.4) is 0 Å². The molecule has 0 spiro atoms. The summed E-state index contributed by atoms with van der Waals surface area (Å²) < 4.78 is 23.8. The predicted octanol–water partition coefficient (Wildman–Crippen LogP) is 3.24. The third-order valence-electron chi connectivity index (χ3n) is 4.07. The number of benzene rings is 1. The lowest BCUT2D eigenvalue weighted by Gasteiger charge is -2.33. The Morgan fingerprint density at radius 2 is 2.19 bits per heavy atom. The number of carbonyl (C=O) groups is 1. The normalized spacial score (nSPS) is 19.1. The van der Waals surface area contributed by atoms with E-state index in [-0.39, 0.29) is 28.2 Å². The first-order valence-electron chi connectivity index (χ1n) is 8.57. The summed E-state index contributed by atoms with van der Waals surface area (Å²) in [5.74, 6) is 0. The summed E-state index contributed by atoms with van der Waals surface area (Å²) in [4.78, 5) is 28.3. The van der Waals surface area contributed by atoms with E-state index in [9.17, 15) is 19.1 Å². The van der Waals surface area contributed by atoms with Crippen molar-refractivity contribution in [1.82, 2.24) is 9.88 Å². The van der Waals surface area contributed by atoms with E-state index in [4.69, 9.17) is 9.15 Å². The van der Waals surface area contributed by atoms with Crippen molar-refractivity contribution in [3.63, 3.8) is 0 Å². The molecule has 0 saturated carbocycles. The molecule has 1 fully saturated rings. The number of carbonyl (C=O) groups excluding carboxylic acids is 1. The van der Waals surface area contributed by atoms with Gasteiger partial charge in [0.05, 0.1) is 10.2 Å². The van der Waals surface area contributed by atoms with Crippen LogP contribution in [-0.4, -0.2) is 49.0 Å². The summed E-state index contributed by atoms with van der Waals surface area (Å²) in [7, 11) is -1.58. The molecule has 0 aliphatic carbocycles. The first-order valence-corrected chi connectivity index (χ1v) is 9.79. The van der Waals surface area contributed by atoms with Gasteiger partial charge >= 0.3 is 6.09 Å². The minimum absolute atomic E-state index is 0.0153. The average molecular weight is 395 g/mol. The first kappa shape index (κ1) is 19.3. The van der Waals surface area contributed by atoms with Crippen molar-refractivity contribution in [3.05, 3.63) is 28.3 Å². The van der Waals surface area contributed by atoms with E-state index in [0.29, 0.717) is 25.0 Å². The second-order valence-electron chi connectivity index (χ2n) is 7.38. The van der Waals surface area contributed by atoms with E-state index in [0.717, 1.165) is 0 Å². The molecule has 1 aliphatic heterocycles. The van der Waals surface area contributed by atoms with Gasteiger partial charge in [-0.1, -0.05) is 0 Å². The Morgan fingerprint density at radius 3 is 2.85 bits per heavy atom. The summed E-state index contributed by atoms with van der Waals surface area (Å²) >= 11 is 0. The van der Waals surface area contributed by atoms with E-state index in [1.54, 1.807) is 25.7 Å². The minimum atomic E-state index is -1.58. The quantitative estimate of drug-likeness (QED) is 0.578. The number of rotatable bonds is 3. The number of hydrogen-bond acceptors (Lipinski definition) is 7. The number of hydrogen-bond donors (Lipinski definition) is 0. The summed E-state index contributed by atoms with van der Waals surface area (Å²) in [6.45, 7) is 6.20. The van der Waals surface area contributed by atoms with Gasteiger partial charge in [0, 0.05) is 25.2 Å². The van der Waals surface area contributed by atoms with Gasteiger partial charge in [-0.25, -0.2) is 14.0 Å². The number of nitro groups is 1. The molecule has 2 heterocycles. The number of piperidine rings is 1. The smallest absolute Gasteiger partial charge is 0.410 e. The van der Waals surface area contributed by atoms with Crippen LogP contribution in [0, 0.1) is 10.1 Å². The van der Waals surface area contributed by atoms with E-state index in [1.807, 2.05) is 0 Å². The maximum atomic E-state index is 12.9. The zero-order valence-electron chi connectivity index (χ0n) is 15.3. The Morgan fingerprint density at radius 1 is 1.44 bits per heavy atom. The van der Waals surface area contributed by atoms with Gasteiger partial charge < -0.3 is 14.1 Å². The van der Waals surface area contributed by atoms with Crippen molar-refractivity contribution < 1.29 is 23.1 Å². The molecule has 1 aliphatic rings. The molecule has 9 nitrogen and oxygen atoms in total. The number of likely N-dealkylation sites (tertiary alicyclic amines) is 1. The number of nitrogens with zero attached hydrogens (tertiary/aromatic N) is 3. The second kappa shape index (κ2) is 7.26. The molecular formula is C17H21N3O6S. The molecule has 27 heavy (non-hydrogen) atoms. The summed E-state index contributed by atoms with van der Waals surface area (Å²) in [5, 5.41) is 10.5. The van der Waals surface area contributed by atoms with Crippen LogP contribution in [0.4, 0.5) is 10.5 Å². The largest absolute Gasteiger partial charge is 0.444 e. The van der Waals surface area contributed by atoms with Crippen LogP contribution in [0.5, 0.6) is 0 Å². The molecular weight excluding hydrogens is 374 g/mol. The fourth-order valence-corrected chi connectivity index (χ4v) is 4.18. The van der Waals surface area contributed by atoms with Crippen LogP contribution < -0.4 is 0 Å². The fraction of sp³-hybridized carbons (Fsp3) is 0.529. The third-order valence-corrected chi connectivity index (χ3v) is 5.58. The van der Waals surface area contributed by atoms with E-state index in [1.165, 1.54) is 18.2 Å². The lowest BCUT2D eigenvalue weighted by atomic mass is 10.1. The zero-order valence-corrected chi connectivity index (χ0v) is 16.2. The van der Waals surface area contributed by atoms with Gasteiger partial charge in [0.1, 0.15) is 21.9 Å². The van der Waals surface area contributed by atoms with Crippen molar-refractivity contribution in [3.8, 4) is 0 Å². The predicted molar refractivity (Wildman–Crippen MR) is 97.9 cm³/mol. The number of oxazole rings is 1. The third kappa shape index (κ3) is 4.44. The second-order valence-corrected chi connectivity index (χ2v) is 8.99. The van der Waals surface area contributed by atoms with E-state index < -0.39 is 27.4 Å². The van der Waals surface area contributed by atoms with E-state index in [2.05, 4.69) is 4.98 Å². The molecule has 0 bridgehead atoms. The van der Waals surface area contributed by atoms with Crippen molar-refractivity contribution in [2.45, 2.75) is 49.7 Å². The molecule has 1 aromatic carbocycles. The summed E-state index contributed by atoms with van der Waals surface area (Å²) in [6.07, 6.45) is 0.920. The van der Waals surface area contributed by atoms with Gasteiger partial charge in [-0.05, 0) is 39.7 Å². The Kier molecular flexibility index (Phi) is 5.18. The number of nitro benzene ring substituents is 1. The molecule has 1 amide bonds. The van der Waals surface area contributed by atoms with Crippen LogP contribution in [-0.2, 0) is 15.5 Å². The van der Waals surface area contributed by atoms with Gasteiger partial charge in [0.25, 0.3) is 10.9 Å². The van der Waals surface area contributed by atoms with Crippen molar-refractivity contribution in [2.75, 3.05) is 13.1 Å². The highest BCUT2D eigenvalue weighted by molar-refractivity contribution is 7.85. The van der Waals surface area contributed by atoms with Gasteiger partial charge in [-0.3, -0.25) is 10.1 Å². The number of aromatic nitrogens is 1. The average Bonchev–Trinajstić information content (AvgIpc) is 3.02. The molecule has 10 heteroatoms. The lowest BCUT2D eigenvalue weighted by Crippen LogP contribution is -2.45. The maximum absolute atomic E-state index is 12.9. The molecule has 3 rings (SSSR count). The highest BCUT2D eigenvalue weighted by atomic mass is 32.2. The molecule has 1 saturated heterocycles. The van der Waals surface area contributed by atoms with Gasteiger partial charge in [0.15, 0.2) is 5.58 Å². The monoisotopic (exact) mass is 395 g/mol. The van der Waals surface area contributed by atoms with Crippen LogP contribution in [0.1, 0.15) is 33.6 Å². The van der Waals surface area contributed by atoms with Crippen molar-refractivity contribution >= 4 is 33.7 Å². The molecule has 0 radical (unpaired) electrons. The number of fused-ring (bicyclic) bond motifs is 1. The molecule has 2 atom stereocenters.